The molecule has 0 unspecified atom stereocenters. The van der Waals surface area contributed by atoms with Gasteiger partial charge in [0, 0.05) is 12.0 Å². The lowest BCUT2D eigenvalue weighted by atomic mass is 10.0. The van der Waals surface area contributed by atoms with Gasteiger partial charge in [0.2, 0.25) is 0 Å². The average molecular weight is 374 g/mol. The molecule has 0 saturated carbocycles. The average Bonchev–Trinajstić information content (AvgIpc) is 2.74. The molecule has 0 bridgehead atoms. The molecule has 0 aliphatic heterocycles. The largest absolute Gasteiger partial charge is 0.496 e. The molecule has 0 fully saturated rings. The predicted octanol–water partition coefficient (Wildman–Crippen LogP) is 3.82. The topological polar surface area (TPSA) is 59.9 Å². The van der Waals surface area contributed by atoms with Crippen molar-refractivity contribution in [3.05, 3.63) is 95.6 Å². The minimum atomic E-state index is -0.333. The third-order valence-corrected chi connectivity index (χ3v) is 4.10. The van der Waals surface area contributed by atoms with Crippen LogP contribution in [0.1, 0.15) is 16.7 Å². The van der Waals surface area contributed by atoms with Gasteiger partial charge in [0.25, 0.3) is 5.91 Å². The minimum absolute atomic E-state index is 0.116. The lowest BCUT2D eigenvalue weighted by Gasteiger charge is -2.11. The van der Waals surface area contributed by atoms with E-state index in [1.54, 1.807) is 13.3 Å². The Morgan fingerprint density at radius 1 is 0.929 bits per heavy atom. The number of hydrogen-bond acceptors (Lipinski definition) is 4. The fourth-order valence-corrected chi connectivity index (χ4v) is 2.73. The molecule has 0 aliphatic carbocycles. The van der Waals surface area contributed by atoms with Gasteiger partial charge in [-0.05, 0) is 29.3 Å². The highest BCUT2D eigenvalue weighted by Crippen LogP contribution is 2.21. The summed E-state index contributed by atoms with van der Waals surface area (Å²) in [4.78, 5) is 12.0. The predicted molar refractivity (Wildman–Crippen MR) is 110 cm³/mol. The van der Waals surface area contributed by atoms with Gasteiger partial charge in [0.05, 0.1) is 13.3 Å². The Hall–Kier alpha value is -3.60. The highest BCUT2D eigenvalue weighted by Gasteiger charge is 2.07. The van der Waals surface area contributed by atoms with Crippen molar-refractivity contribution in [1.82, 2.24) is 5.43 Å². The summed E-state index contributed by atoms with van der Waals surface area (Å²) in [7, 11) is 1.59. The van der Waals surface area contributed by atoms with Crippen molar-refractivity contribution in [2.45, 2.75) is 6.42 Å². The number of carbonyl (C=O) groups excluding carboxylic acids is 1. The van der Waals surface area contributed by atoms with E-state index in [0.717, 1.165) is 17.5 Å². The number of carbonyl (C=O) groups is 1. The number of rotatable bonds is 8. The molecular formula is C23H22N2O3. The smallest absolute Gasteiger partial charge is 0.277 e. The van der Waals surface area contributed by atoms with Crippen molar-refractivity contribution in [1.29, 1.82) is 0 Å². The van der Waals surface area contributed by atoms with Crippen LogP contribution in [0.3, 0.4) is 0 Å². The van der Waals surface area contributed by atoms with Crippen LogP contribution in [0.2, 0.25) is 0 Å². The number of ether oxygens (including phenoxy) is 2. The first-order chi connectivity index (χ1) is 13.8. The fraction of sp³-hybridized carbons (Fsp3) is 0.130. The van der Waals surface area contributed by atoms with Crippen LogP contribution in [0.15, 0.2) is 84.0 Å². The molecule has 0 atom stereocenters. The molecular weight excluding hydrogens is 352 g/mol. The van der Waals surface area contributed by atoms with Crippen LogP contribution in [0.4, 0.5) is 0 Å². The van der Waals surface area contributed by atoms with E-state index in [2.05, 4.69) is 22.7 Å². The maximum absolute atomic E-state index is 12.0. The van der Waals surface area contributed by atoms with E-state index in [9.17, 15) is 4.79 Å². The SMILES string of the molecule is COc1ccccc1/C=N\NC(=O)COc1ccccc1Cc1ccccc1. The summed E-state index contributed by atoms with van der Waals surface area (Å²) in [6.07, 6.45) is 2.28. The molecule has 0 aliphatic rings. The molecule has 0 spiro atoms. The van der Waals surface area contributed by atoms with Crippen molar-refractivity contribution in [2.24, 2.45) is 5.10 Å². The van der Waals surface area contributed by atoms with Gasteiger partial charge in [-0.1, -0.05) is 60.7 Å². The van der Waals surface area contributed by atoms with Crippen LogP contribution >= 0.6 is 0 Å². The van der Waals surface area contributed by atoms with E-state index in [1.165, 1.54) is 5.56 Å². The summed E-state index contributed by atoms with van der Waals surface area (Å²) in [6, 6.07) is 25.3. The standard InChI is InChI=1S/C23H22N2O3/c1-27-21-13-7-6-12-20(21)16-24-25-23(26)17-28-22-14-8-5-11-19(22)15-18-9-3-2-4-10-18/h2-14,16H,15,17H2,1H3,(H,25,26)/b24-16-. The van der Waals surface area contributed by atoms with Crippen molar-refractivity contribution in [2.75, 3.05) is 13.7 Å². The lowest BCUT2D eigenvalue weighted by Crippen LogP contribution is -2.24. The molecule has 3 rings (SSSR count). The first kappa shape index (κ1) is 19.2. The summed E-state index contributed by atoms with van der Waals surface area (Å²) in [5, 5.41) is 3.97. The van der Waals surface area contributed by atoms with Crippen molar-refractivity contribution in [3.63, 3.8) is 0 Å². The summed E-state index contributed by atoms with van der Waals surface area (Å²) in [6.45, 7) is -0.116. The molecule has 5 nitrogen and oxygen atoms in total. The summed E-state index contributed by atoms with van der Waals surface area (Å²) in [5.41, 5.74) is 5.46. The number of hydrogen-bond donors (Lipinski definition) is 1. The Kier molecular flexibility index (Phi) is 6.79. The number of amides is 1. The number of benzene rings is 3. The molecule has 3 aromatic rings. The second-order valence-electron chi connectivity index (χ2n) is 6.09. The van der Waals surface area contributed by atoms with Gasteiger partial charge < -0.3 is 9.47 Å². The minimum Gasteiger partial charge on any atom is -0.496 e. The third-order valence-electron chi connectivity index (χ3n) is 4.10. The summed E-state index contributed by atoms with van der Waals surface area (Å²) < 4.78 is 10.9. The first-order valence-electron chi connectivity index (χ1n) is 8.96. The number of nitrogens with zero attached hydrogens (tertiary/aromatic N) is 1. The van der Waals surface area contributed by atoms with Crippen LogP contribution in [0, 0.1) is 0 Å². The zero-order valence-electron chi connectivity index (χ0n) is 15.7. The van der Waals surface area contributed by atoms with Gasteiger partial charge in [-0.2, -0.15) is 5.10 Å². The van der Waals surface area contributed by atoms with E-state index in [4.69, 9.17) is 9.47 Å². The normalized spacial score (nSPS) is 10.6. The fourth-order valence-electron chi connectivity index (χ4n) is 2.73. The second-order valence-corrected chi connectivity index (χ2v) is 6.09. The molecule has 1 amide bonds. The molecule has 0 radical (unpaired) electrons. The van der Waals surface area contributed by atoms with E-state index < -0.39 is 0 Å². The highest BCUT2D eigenvalue weighted by atomic mass is 16.5. The van der Waals surface area contributed by atoms with E-state index in [-0.39, 0.29) is 12.5 Å². The van der Waals surface area contributed by atoms with E-state index >= 15 is 0 Å². The molecule has 28 heavy (non-hydrogen) atoms. The molecule has 3 aromatic carbocycles. The lowest BCUT2D eigenvalue weighted by molar-refractivity contribution is -0.123. The number of nitrogens with one attached hydrogen (secondary N) is 1. The first-order valence-corrected chi connectivity index (χ1v) is 8.96. The summed E-state index contributed by atoms with van der Waals surface area (Å²) >= 11 is 0. The number of methoxy groups -OCH3 is 1. The Morgan fingerprint density at radius 2 is 1.61 bits per heavy atom. The molecule has 142 valence electrons. The maximum Gasteiger partial charge on any atom is 0.277 e. The van der Waals surface area contributed by atoms with Crippen molar-refractivity contribution >= 4 is 12.1 Å². The van der Waals surface area contributed by atoms with Gasteiger partial charge >= 0.3 is 0 Å². The maximum atomic E-state index is 12.0. The molecule has 0 aromatic heterocycles. The van der Waals surface area contributed by atoms with Crippen LogP contribution in [0.5, 0.6) is 11.5 Å². The highest BCUT2D eigenvalue weighted by molar-refractivity contribution is 5.85. The van der Waals surface area contributed by atoms with Gasteiger partial charge in [-0.25, -0.2) is 5.43 Å². The number of para-hydroxylation sites is 2. The Balaban J connectivity index is 1.55. The van der Waals surface area contributed by atoms with Crippen LogP contribution in [-0.2, 0) is 11.2 Å². The van der Waals surface area contributed by atoms with Gasteiger partial charge in [-0.15, -0.1) is 0 Å². The van der Waals surface area contributed by atoms with E-state index in [1.807, 2.05) is 66.7 Å². The van der Waals surface area contributed by atoms with Crippen LogP contribution in [0.25, 0.3) is 0 Å². The van der Waals surface area contributed by atoms with E-state index in [0.29, 0.717) is 11.5 Å². The van der Waals surface area contributed by atoms with Crippen molar-refractivity contribution in [3.8, 4) is 11.5 Å². The Morgan fingerprint density at radius 3 is 2.39 bits per heavy atom. The Labute approximate surface area is 164 Å². The van der Waals surface area contributed by atoms with Gasteiger partial charge in [0.15, 0.2) is 6.61 Å². The van der Waals surface area contributed by atoms with Gasteiger partial charge in [-0.3, -0.25) is 4.79 Å². The summed E-state index contributed by atoms with van der Waals surface area (Å²) in [5.74, 6) is 1.04. The van der Waals surface area contributed by atoms with Crippen LogP contribution in [-0.4, -0.2) is 25.8 Å². The quantitative estimate of drug-likeness (QED) is 0.482. The molecule has 5 heteroatoms. The Bertz CT molecular complexity index is 939. The molecule has 0 saturated heterocycles. The number of hydrazone groups is 1. The molecule has 0 heterocycles. The third kappa shape index (κ3) is 5.45. The van der Waals surface area contributed by atoms with Crippen molar-refractivity contribution < 1.29 is 14.3 Å². The van der Waals surface area contributed by atoms with Crippen LogP contribution < -0.4 is 14.9 Å². The monoisotopic (exact) mass is 374 g/mol. The van der Waals surface area contributed by atoms with Gasteiger partial charge in [0.1, 0.15) is 11.5 Å². The zero-order valence-corrected chi connectivity index (χ0v) is 15.7. The molecule has 1 N–H and O–H groups in total. The second kappa shape index (κ2) is 9.92. The zero-order chi connectivity index (χ0) is 19.6.